The Morgan fingerprint density at radius 3 is 2.77 bits per heavy atom. The number of imidazole rings is 1. The van der Waals surface area contributed by atoms with E-state index >= 15 is 0 Å². The summed E-state index contributed by atoms with van der Waals surface area (Å²) in [6.07, 6.45) is 1.93. The van der Waals surface area contributed by atoms with Gasteiger partial charge in [-0.25, -0.2) is 4.79 Å². The third-order valence-electron chi connectivity index (χ3n) is 4.47. The van der Waals surface area contributed by atoms with Crippen molar-refractivity contribution in [2.75, 3.05) is 26.1 Å². The topological polar surface area (TPSA) is 134 Å². The van der Waals surface area contributed by atoms with Gasteiger partial charge in [0.2, 0.25) is 0 Å². The van der Waals surface area contributed by atoms with Gasteiger partial charge in [0.05, 0.1) is 26.7 Å². The number of nitrogen functional groups attached to an aromatic ring is 1. The van der Waals surface area contributed by atoms with Crippen molar-refractivity contribution in [3.8, 4) is 11.8 Å². The zero-order chi connectivity index (χ0) is 21.5. The molecule has 3 N–H and O–H groups in total. The van der Waals surface area contributed by atoms with Crippen LogP contribution in [0.5, 0.6) is 11.8 Å². The molecule has 1 aromatic carbocycles. The molecule has 160 valence electrons. The van der Waals surface area contributed by atoms with Gasteiger partial charge in [0.15, 0.2) is 11.5 Å². The lowest BCUT2D eigenvalue weighted by molar-refractivity contribution is -0.139. The minimum atomic E-state index is -0.372. The molecule has 30 heavy (non-hydrogen) atoms. The van der Waals surface area contributed by atoms with Gasteiger partial charge in [-0.2, -0.15) is 9.97 Å². The Morgan fingerprint density at radius 1 is 1.20 bits per heavy atom. The number of nitrogens with two attached hydrogens (primary N) is 1. The highest BCUT2D eigenvalue weighted by atomic mass is 16.5. The van der Waals surface area contributed by atoms with Gasteiger partial charge < -0.3 is 24.9 Å². The summed E-state index contributed by atoms with van der Waals surface area (Å²) in [5, 5.41) is 0. The second kappa shape index (κ2) is 9.77. The maximum absolute atomic E-state index is 12.4. The Bertz CT molecular complexity index is 1080. The summed E-state index contributed by atoms with van der Waals surface area (Å²) in [5.74, 6) is 0.335. The maximum Gasteiger partial charge on any atom is 0.327 e. The summed E-state index contributed by atoms with van der Waals surface area (Å²) < 4.78 is 17.5. The first-order chi connectivity index (χ1) is 14.5. The average molecular weight is 415 g/mol. The lowest BCUT2D eigenvalue weighted by Crippen LogP contribution is -2.21. The fourth-order valence-corrected chi connectivity index (χ4v) is 2.88. The molecule has 0 spiro atoms. The molecule has 0 radical (unpaired) electrons. The van der Waals surface area contributed by atoms with Crippen LogP contribution in [0.3, 0.4) is 0 Å². The van der Waals surface area contributed by atoms with Gasteiger partial charge in [0, 0.05) is 5.56 Å². The molecule has 10 heteroatoms. The summed E-state index contributed by atoms with van der Waals surface area (Å²) in [4.78, 5) is 35.0. The molecule has 0 bridgehead atoms. The number of benzene rings is 1. The van der Waals surface area contributed by atoms with Crippen LogP contribution in [-0.2, 0) is 22.5 Å². The molecule has 0 unspecified atom stereocenters. The van der Waals surface area contributed by atoms with E-state index in [0.717, 1.165) is 12.8 Å². The Hall–Kier alpha value is -3.56. The minimum absolute atomic E-state index is 0.0991. The van der Waals surface area contributed by atoms with E-state index in [1.807, 2.05) is 12.1 Å². The van der Waals surface area contributed by atoms with Crippen molar-refractivity contribution in [2.45, 2.75) is 32.7 Å². The zero-order valence-electron chi connectivity index (χ0n) is 17.0. The molecule has 0 aliphatic rings. The number of anilines is 1. The van der Waals surface area contributed by atoms with E-state index in [0.29, 0.717) is 29.1 Å². The number of carbonyl (C=O) groups excluding carboxylic acids is 1. The van der Waals surface area contributed by atoms with Gasteiger partial charge in [-0.15, -0.1) is 0 Å². The summed E-state index contributed by atoms with van der Waals surface area (Å²) in [6.45, 7) is 2.92. The van der Waals surface area contributed by atoms with Gasteiger partial charge in [-0.1, -0.05) is 31.5 Å². The van der Waals surface area contributed by atoms with Crippen LogP contribution in [0.15, 0.2) is 29.1 Å². The number of methoxy groups -OCH3 is 1. The van der Waals surface area contributed by atoms with E-state index in [1.165, 1.54) is 11.7 Å². The molecule has 0 saturated heterocycles. The Kier molecular flexibility index (Phi) is 6.89. The van der Waals surface area contributed by atoms with Crippen molar-refractivity contribution in [3.05, 3.63) is 40.3 Å². The molecule has 2 aromatic heterocycles. The van der Waals surface area contributed by atoms with E-state index in [1.54, 1.807) is 12.1 Å². The molecule has 0 atom stereocenters. The zero-order valence-corrected chi connectivity index (χ0v) is 17.0. The van der Waals surface area contributed by atoms with Gasteiger partial charge in [-0.3, -0.25) is 9.36 Å². The molecule has 0 amide bonds. The van der Waals surface area contributed by atoms with E-state index in [-0.39, 0.29) is 43.1 Å². The Balaban J connectivity index is 1.76. The van der Waals surface area contributed by atoms with Crippen LogP contribution in [0.25, 0.3) is 11.2 Å². The normalized spacial score (nSPS) is 10.9. The third kappa shape index (κ3) is 4.88. The van der Waals surface area contributed by atoms with E-state index in [9.17, 15) is 9.59 Å². The molecule has 10 nitrogen and oxygen atoms in total. The third-order valence-corrected chi connectivity index (χ3v) is 4.47. The fraction of sp³-hybridized carbons (Fsp3) is 0.400. The number of para-hydroxylation sites is 1. The number of rotatable bonds is 10. The van der Waals surface area contributed by atoms with Crippen molar-refractivity contribution in [1.29, 1.82) is 0 Å². The lowest BCUT2D eigenvalue weighted by atomic mass is 10.1. The summed E-state index contributed by atoms with van der Waals surface area (Å²) >= 11 is 0. The minimum Gasteiger partial charge on any atom is -0.491 e. The van der Waals surface area contributed by atoms with Crippen molar-refractivity contribution in [1.82, 2.24) is 19.5 Å². The number of nitrogens with zero attached hydrogens (tertiary/aromatic N) is 3. The predicted molar refractivity (Wildman–Crippen MR) is 111 cm³/mol. The van der Waals surface area contributed by atoms with Crippen LogP contribution < -0.4 is 20.9 Å². The van der Waals surface area contributed by atoms with Crippen LogP contribution in [-0.4, -0.2) is 45.8 Å². The van der Waals surface area contributed by atoms with E-state index < -0.39 is 0 Å². The average Bonchev–Trinajstić information content (AvgIpc) is 3.05. The molecule has 0 saturated carbocycles. The number of hydrogen-bond acceptors (Lipinski definition) is 8. The number of nitrogens with one attached hydrogen (secondary N) is 1. The number of aromatic amines is 1. The number of unbranched alkanes of at least 4 members (excludes halogenated alkanes) is 1. The van der Waals surface area contributed by atoms with Crippen molar-refractivity contribution in [3.63, 3.8) is 0 Å². The molecule has 0 fully saturated rings. The highest BCUT2D eigenvalue weighted by Crippen LogP contribution is 2.20. The smallest absolute Gasteiger partial charge is 0.327 e. The first-order valence-corrected chi connectivity index (χ1v) is 9.69. The summed E-state index contributed by atoms with van der Waals surface area (Å²) in [6, 6.07) is 7.30. The molecule has 3 rings (SSSR count). The second-order valence-corrected chi connectivity index (χ2v) is 6.58. The molecule has 3 aromatic rings. The van der Waals surface area contributed by atoms with Crippen molar-refractivity contribution >= 4 is 23.0 Å². The number of H-pyrrole nitrogens is 1. The van der Waals surface area contributed by atoms with E-state index in [4.69, 9.17) is 19.9 Å². The molecule has 2 heterocycles. The van der Waals surface area contributed by atoms with E-state index in [2.05, 4.69) is 21.9 Å². The first kappa shape index (κ1) is 21.2. The Labute approximate surface area is 173 Å². The van der Waals surface area contributed by atoms with Crippen molar-refractivity contribution in [2.24, 2.45) is 0 Å². The molecule has 0 aliphatic carbocycles. The molecule has 0 aliphatic heterocycles. The van der Waals surface area contributed by atoms with Gasteiger partial charge in [0.1, 0.15) is 17.9 Å². The quantitative estimate of drug-likeness (QED) is 0.377. The number of hydrogen-bond donors (Lipinski definition) is 2. The number of ether oxygens (including phenoxy) is 3. The van der Waals surface area contributed by atoms with Crippen LogP contribution in [0.1, 0.15) is 25.3 Å². The lowest BCUT2D eigenvalue weighted by Gasteiger charge is -2.11. The fourth-order valence-electron chi connectivity index (χ4n) is 2.88. The highest BCUT2D eigenvalue weighted by Gasteiger charge is 2.15. The maximum atomic E-state index is 12.4. The van der Waals surface area contributed by atoms with Crippen LogP contribution in [0, 0.1) is 0 Å². The summed E-state index contributed by atoms with van der Waals surface area (Å²) in [7, 11) is 1.34. The monoisotopic (exact) mass is 415 g/mol. The first-order valence-electron chi connectivity index (χ1n) is 9.69. The van der Waals surface area contributed by atoms with Gasteiger partial charge >= 0.3 is 17.7 Å². The number of aromatic nitrogens is 4. The molecular weight excluding hydrogens is 390 g/mol. The van der Waals surface area contributed by atoms with Gasteiger partial charge in [0.25, 0.3) is 0 Å². The van der Waals surface area contributed by atoms with Crippen LogP contribution >= 0.6 is 0 Å². The van der Waals surface area contributed by atoms with Crippen LogP contribution in [0.4, 0.5) is 5.82 Å². The molecular formula is C20H25N5O5. The second-order valence-electron chi connectivity index (χ2n) is 6.58. The largest absolute Gasteiger partial charge is 0.491 e. The SMILES string of the molecule is CCCCOc1nc(N)c2[nH]c(=O)n(CCOc3ccccc3CC(=O)OC)c2n1. The predicted octanol–water partition coefficient (Wildman–Crippen LogP) is 1.68. The van der Waals surface area contributed by atoms with Gasteiger partial charge in [-0.05, 0) is 12.5 Å². The number of esters is 1. The van der Waals surface area contributed by atoms with Crippen molar-refractivity contribution < 1.29 is 19.0 Å². The standard InChI is InChI=1S/C20H25N5O5/c1-3-4-10-30-19-23-17(21)16-18(24-19)25(20(27)22-16)9-11-29-14-8-6-5-7-13(14)12-15(26)28-2/h5-8H,3-4,9-12H2,1-2H3,(H,22,27)(H2,21,23,24). The number of carbonyl (C=O) groups is 1. The van der Waals surface area contributed by atoms with Crippen LogP contribution in [0.2, 0.25) is 0 Å². The summed E-state index contributed by atoms with van der Waals surface area (Å²) in [5.41, 5.74) is 6.99. The Morgan fingerprint density at radius 2 is 2.00 bits per heavy atom. The number of fused-ring (bicyclic) bond motifs is 1. The highest BCUT2D eigenvalue weighted by molar-refractivity contribution is 5.81.